The van der Waals surface area contributed by atoms with E-state index in [1.807, 2.05) is 18.3 Å². The molecule has 2 aliphatic heterocycles. The molecule has 0 N–H and O–H groups in total. The topological polar surface area (TPSA) is 83.7 Å². The fourth-order valence-corrected chi connectivity index (χ4v) is 7.21. The molecule has 2 aromatic carbocycles. The molecule has 2 aromatic heterocycles. The van der Waals surface area contributed by atoms with Crippen LogP contribution in [-0.2, 0) is 19.8 Å². The molecule has 8 nitrogen and oxygen atoms in total. The van der Waals surface area contributed by atoms with Gasteiger partial charge in [0.25, 0.3) is 0 Å². The highest BCUT2D eigenvalue weighted by Crippen LogP contribution is 2.36. The maximum atomic E-state index is 9.32. The Balaban J connectivity index is 1.16. The molecule has 0 aliphatic carbocycles. The average molecular weight is 694 g/mol. The molecule has 0 unspecified atom stereocenters. The van der Waals surface area contributed by atoms with Crippen LogP contribution in [0, 0.1) is 25.2 Å². The Morgan fingerprint density at radius 2 is 1.52 bits per heavy atom. The Kier molecular flexibility index (Phi) is 12.6. The predicted molar refractivity (Wildman–Crippen MR) is 198 cm³/mol. The SMILES string of the molecule is Cc1c(OCCCN2CCCCC2)cccc1-c1ccnc(COc2cc(OCc3cncc(C#N)c3)c(CN3CCCCC3)cc2Cl)c1C. The number of hydrogen-bond donors (Lipinski definition) is 0. The summed E-state index contributed by atoms with van der Waals surface area (Å²) >= 11 is 6.86. The molecule has 4 aromatic rings. The molecule has 0 bridgehead atoms. The Labute approximate surface area is 302 Å². The van der Waals surface area contributed by atoms with Crippen molar-refractivity contribution >= 4 is 11.6 Å². The van der Waals surface area contributed by atoms with Gasteiger partial charge in [0, 0.05) is 48.9 Å². The number of aromatic nitrogens is 2. The van der Waals surface area contributed by atoms with Crippen molar-refractivity contribution in [3.63, 3.8) is 0 Å². The summed E-state index contributed by atoms with van der Waals surface area (Å²) in [5, 5.41) is 9.85. The first kappa shape index (κ1) is 35.7. The van der Waals surface area contributed by atoms with Crippen molar-refractivity contribution in [3.05, 3.63) is 99.6 Å². The highest BCUT2D eigenvalue weighted by molar-refractivity contribution is 6.32. The molecule has 4 heterocycles. The molecule has 0 amide bonds. The zero-order chi connectivity index (χ0) is 34.7. The quantitative estimate of drug-likeness (QED) is 0.121. The van der Waals surface area contributed by atoms with E-state index in [-0.39, 0.29) is 13.2 Å². The average Bonchev–Trinajstić information content (AvgIpc) is 3.15. The minimum Gasteiger partial charge on any atom is -0.493 e. The minimum atomic E-state index is 0.254. The van der Waals surface area contributed by atoms with E-state index in [1.54, 1.807) is 18.5 Å². The highest BCUT2D eigenvalue weighted by Gasteiger charge is 2.19. The van der Waals surface area contributed by atoms with Crippen LogP contribution in [0.3, 0.4) is 0 Å². The second kappa shape index (κ2) is 17.7. The fraction of sp³-hybridized carbons (Fsp3) is 0.439. The minimum absolute atomic E-state index is 0.254. The van der Waals surface area contributed by atoms with Crippen molar-refractivity contribution in [2.24, 2.45) is 0 Å². The van der Waals surface area contributed by atoms with Crippen molar-refractivity contribution in [2.45, 2.75) is 78.6 Å². The van der Waals surface area contributed by atoms with Crippen molar-refractivity contribution < 1.29 is 14.2 Å². The molecule has 262 valence electrons. The van der Waals surface area contributed by atoms with Crippen LogP contribution in [0.1, 0.15) is 78.5 Å². The van der Waals surface area contributed by atoms with Gasteiger partial charge < -0.3 is 19.1 Å². The van der Waals surface area contributed by atoms with Crippen LogP contribution in [0.25, 0.3) is 11.1 Å². The molecule has 0 saturated carbocycles. The van der Waals surface area contributed by atoms with E-state index in [0.29, 0.717) is 28.7 Å². The number of hydrogen-bond acceptors (Lipinski definition) is 8. The number of nitrogens with zero attached hydrogens (tertiary/aromatic N) is 5. The number of nitriles is 1. The Morgan fingerprint density at radius 1 is 0.780 bits per heavy atom. The largest absolute Gasteiger partial charge is 0.493 e. The van der Waals surface area contributed by atoms with E-state index in [1.165, 1.54) is 51.6 Å². The van der Waals surface area contributed by atoms with E-state index in [9.17, 15) is 5.26 Å². The van der Waals surface area contributed by atoms with E-state index < -0.39 is 0 Å². The van der Waals surface area contributed by atoms with Gasteiger partial charge in [-0.3, -0.25) is 14.9 Å². The van der Waals surface area contributed by atoms with Gasteiger partial charge in [-0.2, -0.15) is 5.26 Å². The zero-order valence-corrected chi connectivity index (χ0v) is 30.2. The molecule has 6 rings (SSSR count). The van der Waals surface area contributed by atoms with Gasteiger partial charge in [0.05, 0.1) is 22.9 Å². The van der Waals surface area contributed by atoms with Crippen LogP contribution in [0.2, 0.25) is 5.02 Å². The number of rotatable bonds is 14. The van der Waals surface area contributed by atoms with Crippen LogP contribution in [0.15, 0.2) is 61.1 Å². The van der Waals surface area contributed by atoms with Gasteiger partial charge in [-0.15, -0.1) is 0 Å². The van der Waals surface area contributed by atoms with Crippen LogP contribution in [-0.4, -0.2) is 59.1 Å². The smallest absolute Gasteiger partial charge is 0.142 e. The number of likely N-dealkylation sites (tertiary alicyclic amines) is 2. The number of pyridine rings is 2. The maximum absolute atomic E-state index is 9.32. The Morgan fingerprint density at radius 3 is 2.30 bits per heavy atom. The molecule has 0 atom stereocenters. The van der Waals surface area contributed by atoms with Gasteiger partial charge in [-0.1, -0.05) is 36.6 Å². The van der Waals surface area contributed by atoms with Crippen molar-refractivity contribution in [3.8, 4) is 34.4 Å². The first-order chi connectivity index (χ1) is 24.5. The lowest BCUT2D eigenvalue weighted by atomic mass is 9.96. The van der Waals surface area contributed by atoms with Crippen LogP contribution in [0.4, 0.5) is 0 Å². The lowest BCUT2D eigenvalue weighted by Crippen LogP contribution is -2.31. The summed E-state index contributed by atoms with van der Waals surface area (Å²) < 4.78 is 19.0. The summed E-state index contributed by atoms with van der Waals surface area (Å²) in [6.45, 7) is 11.8. The monoisotopic (exact) mass is 693 g/mol. The van der Waals surface area contributed by atoms with Crippen LogP contribution >= 0.6 is 11.6 Å². The molecule has 2 fully saturated rings. The number of piperidine rings is 2. The third-order valence-corrected chi connectivity index (χ3v) is 10.1. The van der Waals surface area contributed by atoms with Crippen molar-refractivity contribution in [1.29, 1.82) is 5.26 Å². The number of benzene rings is 2. The van der Waals surface area contributed by atoms with Gasteiger partial charge in [-0.25, -0.2) is 0 Å². The third-order valence-electron chi connectivity index (χ3n) is 9.85. The normalized spacial score (nSPS) is 15.4. The number of ether oxygens (including phenoxy) is 3. The van der Waals surface area contributed by atoms with Crippen molar-refractivity contribution in [1.82, 2.24) is 19.8 Å². The van der Waals surface area contributed by atoms with E-state index in [0.717, 1.165) is 77.4 Å². The van der Waals surface area contributed by atoms with Gasteiger partial charge >= 0.3 is 0 Å². The molecule has 2 aliphatic rings. The summed E-state index contributed by atoms with van der Waals surface area (Å²) in [5.74, 6) is 2.17. The molecule has 0 spiro atoms. The Hall–Kier alpha value is -4.16. The molecule has 9 heteroatoms. The summed E-state index contributed by atoms with van der Waals surface area (Å²) in [6, 6.07) is 16.1. The fourth-order valence-electron chi connectivity index (χ4n) is 6.97. The van der Waals surface area contributed by atoms with Gasteiger partial charge in [-0.05, 0) is 119 Å². The van der Waals surface area contributed by atoms with E-state index >= 15 is 0 Å². The van der Waals surface area contributed by atoms with Gasteiger partial charge in [0.15, 0.2) is 0 Å². The van der Waals surface area contributed by atoms with E-state index in [2.05, 4.69) is 59.0 Å². The molecule has 0 radical (unpaired) electrons. The molecule has 50 heavy (non-hydrogen) atoms. The van der Waals surface area contributed by atoms with Gasteiger partial charge in [0.2, 0.25) is 0 Å². The zero-order valence-electron chi connectivity index (χ0n) is 29.4. The maximum Gasteiger partial charge on any atom is 0.142 e. The Bertz CT molecular complexity index is 1780. The van der Waals surface area contributed by atoms with Crippen molar-refractivity contribution in [2.75, 3.05) is 39.3 Å². The predicted octanol–water partition coefficient (Wildman–Crippen LogP) is 8.68. The third kappa shape index (κ3) is 9.33. The molecular weight excluding hydrogens is 646 g/mol. The second-order valence-electron chi connectivity index (χ2n) is 13.5. The van der Waals surface area contributed by atoms with Crippen LogP contribution in [0.5, 0.6) is 17.2 Å². The van der Waals surface area contributed by atoms with E-state index in [4.69, 9.17) is 30.8 Å². The first-order valence-corrected chi connectivity index (χ1v) is 18.4. The summed E-state index contributed by atoms with van der Waals surface area (Å²) in [5.41, 5.74) is 7.58. The number of halogens is 1. The lowest BCUT2D eigenvalue weighted by Gasteiger charge is -2.27. The molecule has 2 saturated heterocycles. The standard InChI is InChI=1S/C41H48ClN5O3/c1-30-36(35-11-9-12-39(31(35)2)48-20-10-19-46-15-5-3-6-16-46)13-14-45-38(30)29-50-41-23-40(49-28-33-21-32(24-43)25-44-26-33)34(22-37(41)42)27-47-17-7-4-8-18-47/h9,11-14,21-23,25-26H,3-8,10,15-20,27-29H2,1-2H3. The molecular formula is C41H48ClN5O3. The first-order valence-electron chi connectivity index (χ1n) is 18.0. The summed E-state index contributed by atoms with van der Waals surface area (Å²) in [6.07, 6.45) is 13.8. The highest BCUT2D eigenvalue weighted by atomic mass is 35.5. The summed E-state index contributed by atoms with van der Waals surface area (Å²) in [4.78, 5) is 13.9. The van der Waals surface area contributed by atoms with Gasteiger partial charge in [0.1, 0.15) is 36.5 Å². The van der Waals surface area contributed by atoms with Crippen LogP contribution < -0.4 is 14.2 Å². The lowest BCUT2D eigenvalue weighted by molar-refractivity contribution is 0.204. The summed E-state index contributed by atoms with van der Waals surface area (Å²) in [7, 11) is 0. The second-order valence-corrected chi connectivity index (χ2v) is 13.9.